The summed E-state index contributed by atoms with van der Waals surface area (Å²) in [4.78, 5) is 25.1. The van der Waals surface area contributed by atoms with E-state index in [1.807, 2.05) is 0 Å². The van der Waals surface area contributed by atoms with Crippen LogP contribution in [0, 0.1) is 11.6 Å². The molecule has 1 heterocycles. The van der Waals surface area contributed by atoms with Gasteiger partial charge >= 0.3 is 0 Å². The van der Waals surface area contributed by atoms with Crippen LogP contribution in [0.5, 0.6) is 0 Å². The largest absolute Gasteiger partial charge is 0.373 e. The van der Waals surface area contributed by atoms with Crippen molar-refractivity contribution in [1.82, 2.24) is 14.9 Å². The standard InChI is InChI=1S/C22H25F2N3O5S/c1-13-11-27(12-14(2)32-13)33(30,31)17-6-4-5-16(9-17)21(28)26-20(22(29)25-3)15-7-8-18(23)19(24)10-15/h4-10,13-14,20H,11-12H2,1-3H3,(H,25,29)(H,26,28). The molecule has 3 atom stereocenters. The number of benzene rings is 2. The van der Waals surface area contributed by atoms with Crippen LogP contribution in [-0.2, 0) is 19.6 Å². The van der Waals surface area contributed by atoms with Crippen molar-refractivity contribution in [2.45, 2.75) is 37.0 Å². The zero-order chi connectivity index (χ0) is 24.3. The lowest BCUT2D eigenvalue weighted by Gasteiger charge is -2.34. The van der Waals surface area contributed by atoms with Crippen LogP contribution in [0.15, 0.2) is 47.4 Å². The van der Waals surface area contributed by atoms with Gasteiger partial charge in [0, 0.05) is 25.7 Å². The first kappa shape index (κ1) is 24.7. The first-order valence-corrected chi connectivity index (χ1v) is 11.7. The van der Waals surface area contributed by atoms with Gasteiger partial charge in [0.2, 0.25) is 15.9 Å². The van der Waals surface area contributed by atoms with E-state index < -0.39 is 39.5 Å². The van der Waals surface area contributed by atoms with E-state index >= 15 is 0 Å². The van der Waals surface area contributed by atoms with E-state index in [2.05, 4.69) is 10.6 Å². The normalized spacial score (nSPS) is 20.2. The van der Waals surface area contributed by atoms with E-state index in [1.54, 1.807) is 13.8 Å². The number of nitrogens with one attached hydrogen (secondary N) is 2. The summed E-state index contributed by atoms with van der Waals surface area (Å²) in [5.41, 5.74) is 0.0172. The molecule has 0 spiro atoms. The molecule has 33 heavy (non-hydrogen) atoms. The highest BCUT2D eigenvalue weighted by Crippen LogP contribution is 2.23. The summed E-state index contributed by atoms with van der Waals surface area (Å²) in [6.07, 6.45) is -0.557. The SMILES string of the molecule is CNC(=O)C(NC(=O)c1cccc(S(=O)(=O)N2CC(C)OC(C)C2)c1)c1ccc(F)c(F)c1. The third-order valence-corrected chi connectivity index (χ3v) is 7.01. The number of halogens is 2. The molecule has 11 heteroatoms. The van der Waals surface area contributed by atoms with Gasteiger partial charge in [-0.25, -0.2) is 17.2 Å². The maximum Gasteiger partial charge on any atom is 0.252 e. The summed E-state index contributed by atoms with van der Waals surface area (Å²) >= 11 is 0. The van der Waals surface area contributed by atoms with Gasteiger partial charge in [-0.3, -0.25) is 9.59 Å². The predicted molar refractivity (Wildman–Crippen MR) is 116 cm³/mol. The number of likely N-dealkylation sites (N-methyl/N-ethyl adjacent to an activating group) is 1. The minimum atomic E-state index is -3.89. The van der Waals surface area contributed by atoms with Gasteiger partial charge in [-0.05, 0) is 49.7 Å². The Bertz CT molecular complexity index is 1150. The van der Waals surface area contributed by atoms with Gasteiger partial charge in [-0.2, -0.15) is 4.31 Å². The fraction of sp³-hybridized carbons (Fsp3) is 0.364. The molecule has 0 aliphatic carbocycles. The fourth-order valence-electron chi connectivity index (χ4n) is 3.62. The molecule has 178 valence electrons. The van der Waals surface area contributed by atoms with Crippen molar-refractivity contribution >= 4 is 21.8 Å². The number of sulfonamides is 1. The Hall–Kier alpha value is -2.89. The first-order valence-electron chi connectivity index (χ1n) is 10.3. The number of nitrogens with zero attached hydrogens (tertiary/aromatic N) is 1. The molecule has 0 bridgehead atoms. The first-order chi connectivity index (χ1) is 15.5. The lowest BCUT2D eigenvalue weighted by molar-refractivity contribution is -0.122. The van der Waals surface area contributed by atoms with Gasteiger partial charge in [0.05, 0.1) is 17.1 Å². The Morgan fingerprint density at radius 1 is 1.06 bits per heavy atom. The number of carbonyl (C=O) groups is 2. The van der Waals surface area contributed by atoms with Crippen LogP contribution in [0.25, 0.3) is 0 Å². The Kier molecular flexibility index (Phi) is 7.45. The van der Waals surface area contributed by atoms with E-state index in [-0.39, 0.29) is 41.3 Å². The van der Waals surface area contributed by atoms with Crippen LogP contribution in [-0.4, -0.2) is 56.9 Å². The lowest BCUT2D eigenvalue weighted by atomic mass is 10.0. The number of rotatable bonds is 6. The highest BCUT2D eigenvalue weighted by atomic mass is 32.2. The summed E-state index contributed by atoms with van der Waals surface area (Å²) in [6, 6.07) is 6.93. The Balaban J connectivity index is 1.87. The van der Waals surface area contributed by atoms with Crippen molar-refractivity contribution in [3.05, 3.63) is 65.2 Å². The van der Waals surface area contributed by atoms with E-state index in [4.69, 9.17) is 4.74 Å². The van der Waals surface area contributed by atoms with Crippen molar-refractivity contribution in [3.8, 4) is 0 Å². The molecule has 2 aromatic rings. The predicted octanol–water partition coefficient (Wildman–Crippen LogP) is 1.98. The molecule has 0 radical (unpaired) electrons. The molecular weight excluding hydrogens is 456 g/mol. The fourth-order valence-corrected chi connectivity index (χ4v) is 5.26. The maximum atomic E-state index is 13.7. The summed E-state index contributed by atoms with van der Waals surface area (Å²) < 4.78 is 60.1. The zero-order valence-corrected chi connectivity index (χ0v) is 19.2. The van der Waals surface area contributed by atoms with Crippen LogP contribution in [0.1, 0.15) is 35.8 Å². The maximum absolute atomic E-state index is 13.7. The molecule has 3 unspecified atom stereocenters. The van der Waals surface area contributed by atoms with Crippen molar-refractivity contribution < 1.29 is 31.5 Å². The van der Waals surface area contributed by atoms with Crippen LogP contribution in [0.4, 0.5) is 8.78 Å². The second kappa shape index (κ2) is 9.94. The molecule has 8 nitrogen and oxygen atoms in total. The number of morpholine rings is 1. The lowest BCUT2D eigenvalue weighted by Crippen LogP contribution is -2.48. The third-order valence-electron chi connectivity index (χ3n) is 5.18. The summed E-state index contributed by atoms with van der Waals surface area (Å²) in [6.45, 7) is 3.91. The Labute approximate surface area is 191 Å². The molecule has 2 N–H and O–H groups in total. The number of carbonyl (C=O) groups excluding carboxylic acids is 2. The molecular formula is C22H25F2N3O5S. The van der Waals surface area contributed by atoms with Crippen molar-refractivity contribution in [2.75, 3.05) is 20.1 Å². The van der Waals surface area contributed by atoms with E-state index in [1.165, 1.54) is 41.7 Å². The third kappa shape index (κ3) is 5.55. The average Bonchev–Trinajstić information content (AvgIpc) is 2.78. The van der Waals surface area contributed by atoms with Crippen LogP contribution in [0.2, 0.25) is 0 Å². The molecule has 1 saturated heterocycles. The smallest absolute Gasteiger partial charge is 0.252 e. The van der Waals surface area contributed by atoms with E-state index in [0.29, 0.717) is 0 Å². The molecule has 1 aliphatic heterocycles. The van der Waals surface area contributed by atoms with Gasteiger partial charge < -0.3 is 15.4 Å². The number of hydrogen-bond acceptors (Lipinski definition) is 5. The van der Waals surface area contributed by atoms with Gasteiger partial charge in [0.1, 0.15) is 6.04 Å². The topological polar surface area (TPSA) is 105 Å². The second-order valence-corrected chi connectivity index (χ2v) is 9.74. The van der Waals surface area contributed by atoms with Crippen LogP contribution in [0.3, 0.4) is 0 Å². The summed E-state index contributed by atoms with van der Waals surface area (Å²) in [5.74, 6) is -3.67. The van der Waals surface area contributed by atoms with Crippen molar-refractivity contribution in [3.63, 3.8) is 0 Å². The average molecular weight is 482 g/mol. The number of hydrogen-bond donors (Lipinski definition) is 2. The Morgan fingerprint density at radius 2 is 1.73 bits per heavy atom. The van der Waals surface area contributed by atoms with Gasteiger partial charge in [-0.15, -0.1) is 0 Å². The van der Waals surface area contributed by atoms with Crippen LogP contribution >= 0.6 is 0 Å². The van der Waals surface area contributed by atoms with E-state index in [9.17, 15) is 26.8 Å². The molecule has 2 amide bonds. The number of ether oxygens (including phenoxy) is 1. The molecule has 0 saturated carbocycles. The molecule has 2 aromatic carbocycles. The minimum absolute atomic E-state index is 0.0121. The molecule has 1 aliphatic rings. The second-order valence-electron chi connectivity index (χ2n) is 7.80. The van der Waals surface area contributed by atoms with Gasteiger partial charge in [0.15, 0.2) is 11.6 Å². The van der Waals surface area contributed by atoms with Gasteiger partial charge in [0.25, 0.3) is 5.91 Å². The molecule has 1 fully saturated rings. The molecule has 3 rings (SSSR count). The van der Waals surface area contributed by atoms with E-state index in [0.717, 1.165) is 12.1 Å². The Morgan fingerprint density at radius 3 is 2.33 bits per heavy atom. The quantitative estimate of drug-likeness (QED) is 0.657. The zero-order valence-electron chi connectivity index (χ0n) is 18.3. The monoisotopic (exact) mass is 481 g/mol. The highest BCUT2D eigenvalue weighted by Gasteiger charge is 2.33. The number of amides is 2. The summed E-state index contributed by atoms with van der Waals surface area (Å²) in [5, 5.41) is 4.81. The van der Waals surface area contributed by atoms with Crippen molar-refractivity contribution in [1.29, 1.82) is 0 Å². The van der Waals surface area contributed by atoms with Crippen LogP contribution < -0.4 is 10.6 Å². The van der Waals surface area contributed by atoms with Gasteiger partial charge in [-0.1, -0.05) is 12.1 Å². The highest BCUT2D eigenvalue weighted by molar-refractivity contribution is 7.89. The minimum Gasteiger partial charge on any atom is -0.373 e. The molecule has 0 aromatic heterocycles. The van der Waals surface area contributed by atoms with Crippen molar-refractivity contribution in [2.24, 2.45) is 0 Å². The summed E-state index contributed by atoms with van der Waals surface area (Å²) in [7, 11) is -2.56.